The molecule has 1 N–H and O–H groups in total. The van der Waals surface area contributed by atoms with E-state index in [1.54, 1.807) is 0 Å². The number of imidazole rings is 1. The number of ether oxygens (including phenoxy) is 1. The van der Waals surface area contributed by atoms with Gasteiger partial charge >= 0.3 is 0 Å². The van der Waals surface area contributed by atoms with Crippen molar-refractivity contribution in [2.75, 3.05) is 25.1 Å². The van der Waals surface area contributed by atoms with E-state index in [4.69, 9.17) is 4.74 Å². The van der Waals surface area contributed by atoms with E-state index in [-0.39, 0.29) is 0 Å². The molecule has 1 aliphatic rings. The summed E-state index contributed by atoms with van der Waals surface area (Å²) < 4.78 is 7.62. The standard InChI is InChI=1S/C13H23N3O/c1-11(2)9-15-13-14-5-6-16(13)10-12-3-7-17-8-4-12/h5-6,11-12H,3-4,7-10H2,1-2H3,(H,14,15). The summed E-state index contributed by atoms with van der Waals surface area (Å²) in [7, 11) is 0. The van der Waals surface area contributed by atoms with E-state index >= 15 is 0 Å². The van der Waals surface area contributed by atoms with Crippen LogP contribution in [0.15, 0.2) is 12.4 Å². The van der Waals surface area contributed by atoms with Crippen LogP contribution < -0.4 is 5.32 Å². The molecule has 1 saturated heterocycles. The second-order valence-electron chi connectivity index (χ2n) is 5.23. The normalized spacial score (nSPS) is 17.6. The Morgan fingerprint density at radius 2 is 2.24 bits per heavy atom. The van der Waals surface area contributed by atoms with Crippen molar-refractivity contribution in [3.63, 3.8) is 0 Å². The summed E-state index contributed by atoms with van der Waals surface area (Å²) in [6.45, 7) is 8.27. The van der Waals surface area contributed by atoms with Gasteiger partial charge in [0.25, 0.3) is 0 Å². The molecule has 0 bridgehead atoms. The fourth-order valence-corrected chi connectivity index (χ4v) is 2.13. The van der Waals surface area contributed by atoms with Crippen molar-refractivity contribution >= 4 is 5.95 Å². The Morgan fingerprint density at radius 3 is 2.94 bits per heavy atom. The maximum atomic E-state index is 5.39. The number of rotatable bonds is 5. The lowest BCUT2D eigenvalue weighted by atomic mass is 10.0. The van der Waals surface area contributed by atoms with Gasteiger partial charge in [0.05, 0.1) is 0 Å². The lowest BCUT2D eigenvalue weighted by molar-refractivity contribution is 0.0614. The highest BCUT2D eigenvalue weighted by molar-refractivity contribution is 5.25. The first-order valence-electron chi connectivity index (χ1n) is 6.58. The maximum absolute atomic E-state index is 5.39. The highest BCUT2D eigenvalue weighted by Crippen LogP contribution is 2.18. The van der Waals surface area contributed by atoms with Crippen LogP contribution >= 0.6 is 0 Å². The summed E-state index contributed by atoms with van der Waals surface area (Å²) in [6, 6.07) is 0. The highest BCUT2D eigenvalue weighted by Gasteiger charge is 2.15. The third-order valence-corrected chi connectivity index (χ3v) is 3.18. The predicted octanol–water partition coefficient (Wildman–Crippen LogP) is 2.38. The van der Waals surface area contributed by atoms with Crippen LogP contribution in [-0.2, 0) is 11.3 Å². The molecule has 1 aromatic rings. The second-order valence-corrected chi connectivity index (χ2v) is 5.23. The van der Waals surface area contributed by atoms with Crippen LogP contribution in [-0.4, -0.2) is 29.3 Å². The molecule has 0 unspecified atom stereocenters. The highest BCUT2D eigenvalue weighted by atomic mass is 16.5. The van der Waals surface area contributed by atoms with Gasteiger partial charge in [0.2, 0.25) is 5.95 Å². The number of aromatic nitrogens is 2. The van der Waals surface area contributed by atoms with Crippen molar-refractivity contribution in [3.05, 3.63) is 12.4 Å². The topological polar surface area (TPSA) is 39.1 Å². The van der Waals surface area contributed by atoms with Gasteiger partial charge in [-0.15, -0.1) is 0 Å². The monoisotopic (exact) mass is 237 g/mol. The maximum Gasteiger partial charge on any atom is 0.202 e. The molecule has 4 heteroatoms. The molecule has 1 fully saturated rings. The lowest BCUT2D eigenvalue weighted by Crippen LogP contribution is -2.21. The van der Waals surface area contributed by atoms with Crippen LogP contribution in [0.3, 0.4) is 0 Å². The molecule has 96 valence electrons. The SMILES string of the molecule is CC(C)CNc1nccn1CC1CCOCC1. The number of hydrogen-bond donors (Lipinski definition) is 1. The molecule has 2 heterocycles. The van der Waals surface area contributed by atoms with Crippen molar-refractivity contribution in [1.29, 1.82) is 0 Å². The first-order chi connectivity index (χ1) is 8.25. The molecule has 0 radical (unpaired) electrons. The van der Waals surface area contributed by atoms with Gasteiger partial charge < -0.3 is 14.6 Å². The Labute approximate surface area is 103 Å². The quantitative estimate of drug-likeness (QED) is 0.854. The van der Waals surface area contributed by atoms with Crippen molar-refractivity contribution in [3.8, 4) is 0 Å². The van der Waals surface area contributed by atoms with E-state index in [0.29, 0.717) is 5.92 Å². The average Bonchev–Trinajstić information content (AvgIpc) is 2.75. The zero-order chi connectivity index (χ0) is 12.1. The molecule has 4 nitrogen and oxygen atoms in total. The fraction of sp³-hybridized carbons (Fsp3) is 0.769. The van der Waals surface area contributed by atoms with Gasteiger partial charge in [-0.05, 0) is 24.7 Å². The van der Waals surface area contributed by atoms with Crippen molar-refractivity contribution in [1.82, 2.24) is 9.55 Å². The minimum Gasteiger partial charge on any atom is -0.381 e. The van der Waals surface area contributed by atoms with Gasteiger partial charge in [0, 0.05) is 38.7 Å². The largest absolute Gasteiger partial charge is 0.381 e. The zero-order valence-corrected chi connectivity index (χ0v) is 10.9. The predicted molar refractivity (Wildman–Crippen MR) is 69.1 cm³/mol. The van der Waals surface area contributed by atoms with Crippen molar-refractivity contribution in [2.45, 2.75) is 33.2 Å². The molecule has 0 aromatic carbocycles. The summed E-state index contributed by atoms with van der Waals surface area (Å²) >= 11 is 0. The summed E-state index contributed by atoms with van der Waals surface area (Å²) in [5.41, 5.74) is 0. The number of nitrogens with one attached hydrogen (secondary N) is 1. The third-order valence-electron chi connectivity index (χ3n) is 3.18. The molecule has 0 atom stereocenters. The van der Waals surface area contributed by atoms with Crippen LogP contribution in [0, 0.1) is 11.8 Å². The third kappa shape index (κ3) is 3.73. The molecular weight excluding hydrogens is 214 g/mol. The van der Waals surface area contributed by atoms with E-state index < -0.39 is 0 Å². The Kier molecular flexibility index (Phi) is 4.42. The minimum atomic E-state index is 0.642. The van der Waals surface area contributed by atoms with Crippen LogP contribution in [0.1, 0.15) is 26.7 Å². The van der Waals surface area contributed by atoms with E-state index in [1.807, 2.05) is 6.20 Å². The molecule has 2 rings (SSSR count). The Bertz CT molecular complexity index is 329. The molecule has 17 heavy (non-hydrogen) atoms. The van der Waals surface area contributed by atoms with Gasteiger partial charge in [-0.25, -0.2) is 4.98 Å². The Balaban J connectivity index is 1.88. The van der Waals surface area contributed by atoms with Gasteiger partial charge in [-0.3, -0.25) is 0 Å². The zero-order valence-electron chi connectivity index (χ0n) is 10.9. The van der Waals surface area contributed by atoms with Crippen LogP contribution in [0.2, 0.25) is 0 Å². The van der Waals surface area contributed by atoms with Crippen LogP contribution in [0.4, 0.5) is 5.95 Å². The van der Waals surface area contributed by atoms with Crippen LogP contribution in [0.5, 0.6) is 0 Å². The number of nitrogens with zero attached hydrogens (tertiary/aromatic N) is 2. The molecule has 1 aromatic heterocycles. The Morgan fingerprint density at radius 1 is 1.47 bits per heavy atom. The number of hydrogen-bond acceptors (Lipinski definition) is 3. The second kappa shape index (κ2) is 6.05. The van der Waals surface area contributed by atoms with Gasteiger partial charge in [0.1, 0.15) is 0 Å². The summed E-state index contributed by atoms with van der Waals surface area (Å²) in [5, 5.41) is 3.40. The smallest absolute Gasteiger partial charge is 0.202 e. The van der Waals surface area contributed by atoms with E-state index in [9.17, 15) is 0 Å². The molecule has 1 aliphatic heterocycles. The Hall–Kier alpha value is -1.03. The summed E-state index contributed by atoms with van der Waals surface area (Å²) in [5.74, 6) is 2.38. The van der Waals surface area contributed by atoms with Gasteiger partial charge in [-0.2, -0.15) is 0 Å². The summed E-state index contributed by atoms with van der Waals surface area (Å²) in [6.07, 6.45) is 6.28. The van der Waals surface area contributed by atoms with Gasteiger partial charge in [-0.1, -0.05) is 13.8 Å². The molecule has 0 saturated carbocycles. The molecule has 0 aliphatic carbocycles. The first-order valence-corrected chi connectivity index (χ1v) is 6.58. The molecule has 0 spiro atoms. The van der Waals surface area contributed by atoms with Crippen LogP contribution in [0.25, 0.3) is 0 Å². The summed E-state index contributed by atoms with van der Waals surface area (Å²) in [4.78, 5) is 4.37. The van der Waals surface area contributed by atoms with E-state index in [2.05, 4.69) is 34.9 Å². The minimum absolute atomic E-state index is 0.642. The van der Waals surface area contributed by atoms with Crippen molar-refractivity contribution in [2.24, 2.45) is 11.8 Å². The van der Waals surface area contributed by atoms with E-state index in [1.165, 1.54) is 12.8 Å². The fourth-order valence-electron chi connectivity index (χ4n) is 2.13. The first kappa shape index (κ1) is 12.4. The lowest BCUT2D eigenvalue weighted by Gasteiger charge is -2.23. The van der Waals surface area contributed by atoms with Crippen molar-refractivity contribution < 1.29 is 4.74 Å². The number of anilines is 1. The van der Waals surface area contributed by atoms with Gasteiger partial charge in [0.15, 0.2) is 0 Å². The average molecular weight is 237 g/mol. The molecule has 0 amide bonds. The van der Waals surface area contributed by atoms with E-state index in [0.717, 1.165) is 38.2 Å². The molecular formula is C13H23N3O.